The van der Waals surface area contributed by atoms with Crippen LogP contribution in [0.3, 0.4) is 0 Å². The number of esters is 1. The van der Waals surface area contributed by atoms with Crippen molar-refractivity contribution in [1.29, 1.82) is 0 Å². The van der Waals surface area contributed by atoms with Gasteiger partial charge < -0.3 is 4.74 Å². The van der Waals surface area contributed by atoms with E-state index in [0.29, 0.717) is 5.56 Å². The van der Waals surface area contributed by atoms with Crippen molar-refractivity contribution in [2.45, 2.75) is 51.5 Å². The standard InChI is InChI=1S/C18H24F3NO3S/c1-5-25-16(23)12-14(18(19,20)21)11-15(13-9-7-6-8-10-13)22-26(24)17(2,3)4/h6-10,14H,5,11-12H2,1-4H3/t14-,26?/m1/s1. The van der Waals surface area contributed by atoms with Crippen LogP contribution in [0.5, 0.6) is 0 Å². The number of carbonyl (C=O) groups is 1. The van der Waals surface area contributed by atoms with Crippen LogP contribution in [-0.4, -0.2) is 33.4 Å². The lowest BCUT2D eigenvalue weighted by Gasteiger charge is -2.21. The first-order chi connectivity index (χ1) is 11.9. The summed E-state index contributed by atoms with van der Waals surface area (Å²) in [6.45, 7) is 6.61. The minimum absolute atomic E-state index is 0.0110. The average molecular weight is 391 g/mol. The molecule has 1 aromatic carbocycles. The van der Waals surface area contributed by atoms with Gasteiger partial charge in [-0.1, -0.05) is 30.3 Å². The Bertz CT molecular complexity index is 652. The van der Waals surface area contributed by atoms with Gasteiger partial charge in [0, 0.05) is 6.42 Å². The molecule has 0 aliphatic carbocycles. The molecule has 0 N–H and O–H groups in total. The quantitative estimate of drug-likeness (QED) is 0.509. The highest BCUT2D eigenvalue weighted by molar-refractivity contribution is 7.85. The number of halogens is 3. The molecule has 0 bridgehead atoms. The molecule has 0 fully saturated rings. The number of benzene rings is 1. The summed E-state index contributed by atoms with van der Waals surface area (Å²) in [6.07, 6.45) is -5.95. The maximum absolute atomic E-state index is 13.4. The molecule has 0 radical (unpaired) electrons. The Morgan fingerprint density at radius 2 is 1.73 bits per heavy atom. The Morgan fingerprint density at radius 1 is 1.15 bits per heavy atom. The van der Waals surface area contributed by atoms with Gasteiger partial charge in [-0.15, -0.1) is 0 Å². The van der Waals surface area contributed by atoms with Crippen molar-refractivity contribution < 1.29 is 26.9 Å². The van der Waals surface area contributed by atoms with E-state index in [9.17, 15) is 22.2 Å². The number of ether oxygens (including phenoxy) is 1. The van der Waals surface area contributed by atoms with Crippen LogP contribution in [0.4, 0.5) is 13.2 Å². The van der Waals surface area contributed by atoms with E-state index >= 15 is 0 Å². The van der Waals surface area contributed by atoms with E-state index in [-0.39, 0.29) is 12.3 Å². The maximum Gasteiger partial charge on any atom is 0.392 e. The van der Waals surface area contributed by atoms with Crippen molar-refractivity contribution in [3.05, 3.63) is 35.9 Å². The van der Waals surface area contributed by atoms with E-state index in [1.807, 2.05) is 0 Å². The van der Waals surface area contributed by atoms with E-state index < -0.39 is 46.6 Å². The molecule has 146 valence electrons. The summed E-state index contributed by atoms with van der Waals surface area (Å²) < 4.78 is 60.6. The lowest BCUT2D eigenvalue weighted by atomic mass is 9.94. The molecule has 0 saturated carbocycles. The highest BCUT2D eigenvalue weighted by Gasteiger charge is 2.42. The summed E-state index contributed by atoms with van der Waals surface area (Å²) in [5.41, 5.74) is 0.508. The molecular formula is C18H24F3NO3S. The van der Waals surface area contributed by atoms with Gasteiger partial charge in [0.2, 0.25) is 0 Å². The van der Waals surface area contributed by atoms with Crippen LogP contribution >= 0.6 is 0 Å². The SMILES string of the molecule is CCOC(=O)C[C@@H](CC(=NS(=O)C(C)(C)C)c1ccccc1)C(F)(F)F. The highest BCUT2D eigenvalue weighted by Crippen LogP contribution is 2.33. The summed E-state index contributed by atoms with van der Waals surface area (Å²) in [7, 11) is -1.72. The fourth-order valence-electron chi connectivity index (χ4n) is 2.03. The second kappa shape index (κ2) is 9.30. The van der Waals surface area contributed by atoms with Gasteiger partial charge in [-0.05, 0) is 33.3 Å². The van der Waals surface area contributed by atoms with E-state index in [1.54, 1.807) is 51.1 Å². The monoisotopic (exact) mass is 391 g/mol. The number of carbonyl (C=O) groups excluding carboxylic acids is 1. The van der Waals surface area contributed by atoms with Crippen LogP contribution in [0.1, 0.15) is 46.1 Å². The zero-order valence-corrected chi connectivity index (χ0v) is 16.1. The molecule has 0 aliphatic rings. The Labute approximate surface area is 154 Å². The van der Waals surface area contributed by atoms with E-state index in [1.165, 1.54) is 6.92 Å². The van der Waals surface area contributed by atoms with Crippen LogP contribution in [0, 0.1) is 5.92 Å². The van der Waals surface area contributed by atoms with Crippen LogP contribution in [0.2, 0.25) is 0 Å². The molecule has 0 saturated heterocycles. The highest BCUT2D eigenvalue weighted by atomic mass is 32.2. The summed E-state index contributed by atoms with van der Waals surface area (Å²) in [6, 6.07) is 8.27. The van der Waals surface area contributed by atoms with Gasteiger partial charge in [-0.2, -0.15) is 17.6 Å². The Morgan fingerprint density at radius 3 is 2.19 bits per heavy atom. The zero-order chi connectivity index (χ0) is 20.0. The van der Waals surface area contributed by atoms with Gasteiger partial charge in [-0.25, -0.2) is 4.21 Å². The normalized spacial score (nSPS) is 15.4. The molecular weight excluding hydrogens is 367 g/mol. The molecule has 26 heavy (non-hydrogen) atoms. The van der Waals surface area contributed by atoms with Crippen molar-refractivity contribution >= 4 is 22.7 Å². The molecule has 0 aliphatic heterocycles. The molecule has 2 atom stereocenters. The molecule has 0 amide bonds. The molecule has 1 unspecified atom stereocenters. The van der Waals surface area contributed by atoms with Crippen molar-refractivity contribution in [1.82, 2.24) is 0 Å². The minimum atomic E-state index is -4.61. The number of hydrogen-bond acceptors (Lipinski definition) is 3. The molecule has 0 aromatic heterocycles. The third-order valence-corrected chi connectivity index (χ3v) is 4.88. The number of nitrogens with zero attached hydrogens (tertiary/aromatic N) is 1. The maximum atomic E-state index is 13.4. The summed E-state index contributed by atoms with van der Waals surface area (Å²) in [4.78, 5) is 11.6. The van der Waals surface area contributed by atoms with Crippen LogP contribution in [-0.2, 0) is 20.5 Å². The third-order valence-electron chi connectivity index (χ3n) is 3.45. The number of rotatable bonds is 7. The van der Waals surface area contributed by atoms with Crippen molar-refractivity contribution in [2.24, 2.45) is 10.3 Å². The lowest BCUT2D eigenvalue weighted by Crippen LogP contribution is -2.30. The van der Waals surface area contributed by atoms with Gasteiger partial charge in [-0.3, -0.25) is 4.79 Å². The molecule has 0 heterocycles. The molecule has 8 heteroatoms. The summed E-state index contributed by atoms with van der Waals surface area (Å²) in [5.74, 6) is -2.88. The van der Waals surface area contributed by atoms with Crippen LogP contribution in [0.15, 0.2) is 34.7 Å². The largest absolute Gasteiger partial charge is 0.466 e. The Kier molecular flexibility index (Phi) is 7.99. The van der Waals surface area contributed by atoms with Crippen LogP contribution in [0.25, 0.3) is 0 Å². The van der Waals surface area contributed by atoms with E-state index in [0.717, 1.165) is 0 Å². The summed E-state index contributed by atoms with van der Waals surface area (Å²) in [5, 5.41) is 0. The van der Waals surface area contributed by atoms with E-state index in [4.69, 9.17) is 0 Å². The van der Waals surface area contributed by atoms with Gasteiger partial charge in [0.15, 0.2) is 0 Å². The van der Waals surface area contributed by atoms with Crippen LogP contribution < -0.4 is 0 Å². The molecule has 0 spiro atoms. The van der Waals surface area contributed by atoms with Crippen molar-refractivity contribution in [3.63, 3.8) is 0 Å². The van der Waals surface area contributed by atoms with Gasteiger partial charge in [0.25, 0.3) is 0 Å². The third kappa shape index (κ3) is 7.27. The minimum Gasteiger partial charge on any atom is -0.466 e. The zero-order valence-electron chi connectivity index (χ0n) is 15.3. The lowest BCUT2D eigenvalue weighted by molar-refractivity contribution is -0.182. The summed E-state index contributed by atoms with van der Waals surface area (Å²) >= 11 is 0. The average Bonchev–Trinajstić information content (AvgIpc) is 2.52. The first kappa shape index (κ1) is 22.3. The fraction of sp³-hybridized carbons (Fsp3) is 0.556. The number of hydrogen-bond donors (Lipinski definition) is 0. The van der Waals surface area contributed by atoms with Crippen molar-refractivity contribution in [3.8, 4) is 0 Å². The van der Waals surface area contributed by atoms with Gasteiger partial charge in [0.05, 0.1) is 29.4 Å². The molecule has 4 nitrogen and oxygen atoms in total. The molecule has 1 rings (SSSR count). The Hall–Kier alpha value is -1.70. The first-order valence-corrected chi connectivity index (χ1v) is 9.33. The second-order valence-electron chi connectivity index (χ2n) is 6.72. The van der Waals surface area contributed by atoms with E-state index in [2.05, 4.69) is 9.13 Å². The fourth-order valence-corrected chi connectivity index (χ4v) is 2.69. The number of alkyl halides is 3. The topological polar surface area (TPSA) is 55.7 Å². The first-order valence-electron chi connectivity index (χ1n) is 8.22. The second-order valence-corrected chi connectivity index (χ2v) is 8.62. The predicted octanol–water partition coefficient (Wildman–Crippen LogP) is 4.46. The van der Waals surface area contributed by atoms with Gasteiger partial charge in [0.1, 0.15) is 11.0 Å². The molecule has 1 aromatic rings. The Balaban J connectivity index is 3.22. The smallest absolute Gasteiger partial charge is 0.392 e. The van der Waals surface area contributed by atoms with Gasteiger partial charge >= 0.3 is 12.1 Å². The van der Waals surface area contributed by atoms with Crippen molar-refractivity contribution in [2.75, 3.05) is 6.61 Å². The predicted molar refractivity (Wildman–Crippen MR) is 96.3 cm³/mol.